The third-order valence-corrected chi connectivity index (χ3v) is 10.3. The van der Waals surface area contributed by atoms with Gasteiger partial charge in [0.2, 0.25) is 5.92 Å². The summed E-state index contributed by atoms with van der Waals surface area (Å²) in [6.45, 7) is 3.53. The van der Waals surface area contributed by atoms with Crippen LogP contribution in [0.2, 0.25) is 5.02 Å². The van der Waals surface area contributed by atoms with Gasteiger partial charge in [0.25, 0.3) is 0 Å². The second kappa shape index (κ2) is 12.5. The van der Waals surface area contributed by atoms with Crippen molar-refractivity contribution in [1.29, 1.82) is 0 Å². The Morgan fingerprint density at radius 3 is 2.54 bits per heavy atom. The first-order chi connectivity index (χ1) is 18.4. The van der Waals surface area contributed by atoms with Gasteiger partial charge in [0.05, 0.1) is 11.0 Å². The van der Waals surface area contributed by atoms with Gasteiger partial charge in [0.1, 0.15) is 11.6 Å². The van der Waals surface area contributed by atoms with Crippen molar-refractivity contribution in [2.45, 2.75) is 77.7 Å². The van der Waals surface area contributed by atoms with Gasteiger partial charge < -0.3 is 4.57 Å². The molecule has 2 aromatic carbocycles. The van der Waals surface area contributed by atoms with Crippen LogP contribution in [0.3, 0.4) is 0 Å². The highest BCUT2D eigenvalue weighted by molar-refractivity contribution is 8.00. The van der Waals surface area contributed by atoms with Gasteiger partial charge in [-0.3, -0.25) is 9.00 Å². The normalized spacial score (nSPS) is 19.8. The molecule has 4 rings (SSSR count). The average molecular weight is 577 g/mol. The number of hydrogen-bond acceptors (Lipinski definition) is 3. The number of fused-ring (bicyclic) bond motifs is 2. The largest absolute Gasteiger partial charge is 0.328 e. The number of ketones is 1. The van der Waals surface area contributed by atoms with Crippen molar-refractivity contribution < 1.29 is 17.8 Å². The van der Waals surface area contributed by atoms with Crippen LogP contribution >= 0.6 is 11.6 Å². The molecule has 0 bridgehead atoms. The van der Waals surface area contributed by atoms with Crippen LogP contribution < -0.4 is 0 Å². The first-order valence-electron chi connectivity index (χ1n) is 13.9. The van der Waals surface area contributed by atoms with Gasteiger partial charge in [0, 0.05) is 48.8 Å². The third-order valence-electron chi connectivity index (χ3n) is 7.93. The first kappa shape index (κ1) is 29.7. The van der Waals surface area contributed by atoms with Crippen LogP contribution in [0.15, 0.2) is 42.5 Å². The molecule has 0 N–H and O–H groups in total. The Labute approximate surface area is 236 Å². The van der Waals surface area contributed by atoms with Gasteiger partial charge in [-0.25, -0.2) is 13.8 Å². The van der Waals surface area contributed by atoms with Crippen LogP contribution in [0.4, 0.5) is 8.78 Å². The van der Waals surface area contributed by atoms with E-state index in [1.807, 2.05) is 42.6 Å². The number of halogens is 3. The quantitative estimate of drug-likeness (QED) is 0.240. The zero-order chi connectivity index (χ0) is 28.2. The number of nitrogens with zero attached hydrogens (tertiary/aromatic N) is 2. The summed E-state index contributed by atoms with van der Waals surface area (Å²) in [6.07, 6.45) is 5.46. The van der Waals surface area contributed by atoms with E-state index in [1.54, 1.807) is 6.26 Å². The van der Waals surface area contributed by atoms with Crippen LogP contribution in [0, 0.1) is 11.8 Å². The molecule has 0 aliphatic heterocycles. The molecule has 1 aromatic heterocycles. The Bertz CT molecular complexity index is 1440. The Morgan fingerprint density at radius 1 is 1.13 bits per heavy atom. The maximum atomic E-state index is 13.6. The second-order valence-corrected chi connectivity index (χ2v) is 14.7. The Kier molecular flexibility index (Phi) is 9.53. The van der Waals surface area contributed by atoms with Crippen molar-refractivity contribution in [3.8, 4) is 0 Å². The standard InChI is InChI=1S/C31H39ClF2N2O2S/c1-4-39(3,38)17-7-16-36-28-12-11-26(32)21-27(28)35-30(36)13-10-25-20-24-9-6-5-8-23(24)18-22(19-29(25)37)14-15-31(2,33)34/h5-6,8-9,11-12,17,21-22,25H,4,7,10,13-16,18-20H2,1-3H3. The summed E-state index contributed by atoms with van der Waals surface area (Å²) < 4.78 is 42.0. The molecule has 3 aromatic rings. The van der Waals surface area contributed by atoms with Gasteiger partial charge in [-0.1, -0.05) is 42.8 Å². The molecule has 0 radical (unpaired) electrons. The lowest BCUT2D eigenvalue weighted by Crippen LogP contribution is -2.26. The summed E-state index contributed by atoms with van der Waals surface area (Å²) in [7, 11) is -1.96. The fraction of sp³-hybridized carbons (Fsp3) is 0.516. The number of hydrogen-bond donors (Lipinski definition) is 0. The molecule has 0 spiro atoms. The molecule has 8 heteroatoms. The minimum absolute atomic E-state index is 0.0861. The number of aromatic nitrogens is 2. The lowest BCUT2D eigenvalue weighted by atomic mass is 9.78. The molecule has 0 amide bonds. The van der Waals surface area contributed by atoms with Crippen molar-refractivity contribution in [2.24, 2.45) is 11.8 Å². The SMILES string of the molecule is CCS(C)(=O)=CCCn1c(CCC2Cc3ccccc3CC(CCC(C)(F)F)CC2=O)nc2cc(Cl)ccc21. The molecule has 212 valence electrons. The molecule has 39 heavy (non-hydrogen) atoms. The van der Waals surface area contributed by atoms with Crippen molar-refractivity contribution in [1.82, 2.24) is 9.55 Å². The maximum absolute atomic E-state index is 13.6. The molecule has 1 aliphatic rings. The monoisotopic (exact) mass is 576 g/mol. The molecule has 3 atom stereocenters. The number of carbonyl (C=O) groups is 1. The van der Waals surface area contributed by atoms with Crippen LogP contribution in [-0.4, -0.2) is 42.8 Å². The predicted octanol–water partition coefficient (Wildman–Crippen LogP) is 7.17. The zero-order valence-corrected chi connectivity index (χ0v) is 24.7. The van der Waals surface area contributed by atoms with E-state index < -0.39 is 15.4 Å². The molecular formula is C31H39ClF2N2O2S. The van der Waals surface area contributed by atoms with Crippen molar-refractivity contribution in [2.75, 3.05) is 12.0 Å². The number of rotatable bonds is 10. The van der Waals surface area contributed by atoms with E-state index in [2.05, 4.69) is 16.7 Å². The van der Waals surface area contributed by atoms with E-state index >= 15 is 0 Å². The van der Waals surface area contributed by atoms with Crippen LogP contribution in [0.1, 0.15) is 62.9 Å². The van der Waals surface area contributed by atoms with Gasteiger partial charge >= 0.3 is 0 Å². The predicted molar refractivity (Wildman–Crippen MR) is 159 cm³/mol. The average Bonchev–Trinajstić information content (AvgIpc) is 3.20. The van der Waals surface area contributed by atoms with Crippen LogP contribution in [-0.2, 0) is 40.1 Å². The van der Waals surface area contributed by atoms with Crippen LogP contribution in [0.25, 0.3) is 11.0 Å². The smallest absolute Gasteiger partial charge is 0.245 e. The summed E-state index contributed by atoms with van der Waals surface area (Å²) in [5, 5.41) is 2.52. The molecule has 0 fully saturated rings. The van der Waals surface area contributed by atoms with Gasteiger partial charge in [0.15, 0.2) is 0 Å². The fourth-order valence-electron chi connectivity index (χ4n) is 5.54. The first-order valence-corrected chi connectivity index (χ1v) is 16.4. The van der Waals surface area contributed by atoms with Gasteiger partial charge in [-0.15, -0.1) is 0 Å². The van der Waals surface area contributed by atoms with E-state index in [-0.39, 0.29) is 24.0 Å². The van der Waals surface area contributed by atoms with E-state index in [0.717, 1.165) is 34.9 Å². The van der Waals surface area contributed by atoms with E-state index in [9.17, 15) is 17.8 Å². The number of benzene rings is 2. The highest BCUT2D eigenvalue weighted by atomic mass is 35.5. The highest BCUT2D eigenvalue weighted by Crippen LogP contribution is 2.32. The highest BCUT2D eigenvalue weighted by Gasteiger charge is 2.30. The zero-order valence-electron chi connectivity index (χ0n) is 23.1. The second-order valence-electron chi connectivity index (χ2n) is 11.2. The fourth-order valence-corrected chi connectivity index (χ4v) is 6.55. The summed E-state index contributed by atoms with van der Waals surface area (Å²) in [4.78, 5) is 18.4. The molecule has 4 nitrogen and oxygen atoms in total. The van der Waals surface area contributed by atoms with E-state index in [4.69, 9.17) is 16.6 Å². The Hall–Kier alpha value is -2.25. The summed E-state index contributed by atoms with van der Waals surface area (Å²) in [5.41, 5.74) is 4.07. The number of imidazole rings is 1. The van der Waals surface area contributed by atoms with Gasteiger partial charge in [-0.05, 0) is 89.2 Å². The molecule has 1 aliphatic carbocycles. The summed E-state index contributed by atoms with van der Waals surface area (Å²) in [6, 6.07) is 13.8. The number of aryl methyl sites for hydroxylation is 2. The third kappa shape index (κ3) is 8.14. The maximum Gasteiger partial charge on any atom is 0.245 e. The van der Waals surface area contributed by atoms with Gasteiger partial charge in [-0.2, -0.15) is 0 Å². The topological polar surface area (TPSA) is 52.0 Å². The van der Waals surface area contributed by atoms with Crippen molar-refractivity contribution in [3.05, 3.63) is 64.4 Å². The lowest BCUT2D eigenvalue weighted by Gasteiger charge is -2.27. The number of alkyl halides is 2. The Morgan fingerprint density at radius 2 is 1.85 bits per heavy atom. The van der Waals surface area contributed by atoms with E-state index in [0.29, 0.717) is 62.3 Å². The van der Waals surface area contributed by atoms with Crippen LogP contribution in [0.5, 0.6) is 0 Å². The molecule has 0 saturated heterocycles. The number of carbonyl (C=O) groups excluding carboxylic acids is 1. The lowest BCUT2D eigenvalue weighted by molar-refractivity contribution is -0.124. The summed E-state index contributed by atoms with van der Waals surface area (Å²) in [5.74, 6) is -1.37. The van der Waals surface area contributed by atoms with E-state index in [1.165, 1.54) is 0 Å². The summed E-state index contributed by atoms with van der Waals surface area (Å²) >= 11 is 6.25. The minimum atomic E-state index is -2.73. The van der Waals surface area contributed by atoms with Crippen molar-refractivity contribution in [3.63, 3.8) is 0 Å². The molecule has 0 saturated carbocycles. The van der Waals surface area contributed by atoms with Crippen molar-refractivity contribution >= 4 is 43.3 Å². The molecular weight excluding hydrogens is 538 g/mol. The molecule has 3 unspecified atom stereocenters. The number of Topliss-reactive ketones (excluding diaryl/α,β-unsaturated/α-hetero) is 1. The Balaban J connectivity index is 1.57. The molecule has 1 heterocycles. The minimum Gasteiger partial charge on any atom is -0.328 e.